The second-order valence-electron chi connectivity index (χ2n) is 4.35. The minimum atomic E-state index is 0.496. The summed E-state index contributed by atoms with van der Waals surface area (Å²) in [6.45, 7) is 0.496. The Bertz CT molecular complexity index is 704. The highest BCUT2D eigenvalue weighted by Crippen LogP contribution is 2.22. The van der Waals surface area contributed by atoms with E-state index in [1.54, 1.807) is 0 Å². The van der Waals surface area contributed by atoms with Gasteiger partial charge in [-0.15, -0.1) is 0 Å². The van der Waals surface area contributed by atoms with Crippen LogP contribution in [0.1, 0.15) is 5.69 Å². The summed E-state index contributed by atoms with van der Waals surface area (Å²) in [6, 6.07) is 15.7. The number of benzene rings is 2. The molecule has 0 unspecified atom stereocenters. The monoisotopic (exact) mass is 316 g/mol. The lowest BCUT2D eigenvalue weighted by atomic mass is 10.2. The first-order valence-electron chi connectivity index (χ1n) is 5.97. The third-order valence-corrected chi connectivity index (χ3v) is 3.48. The van der Waals surface area contributed by atoms with Crippen LogP contribution in [0.3, 0.4) is 0 Å². The third-order valence-electron chi connectivity index (χ3n) is 2.95. The molecule has 1 heterocycles. The maximum Gasteiger partial charge on any atom is 0.128 e. The van der Waals surface area contributed by atoms with Crippen molar-refractivity contribution in [3.05, 3.63) is 58.7 Å². The smallest absolute Gasteiger partial charge is 0.128 e. The molecule has 0 aliphatic rings. The first-order valence-corrected chi connectivity index (χ1v) is 6.76. The molecule has 0 radical (unpaired) electrons. The molecule has 0 aliphatic carbocycles. The van der Waals surface area contributed by atoms with E-state index in [4.69, 9.17) is 10.5 Å². The molecule has 96 valence electrons. The minimum absolute atomic E-state index is 0.496. The molecule has 0 atom stereocenters. The number of nitrogen functional groups attached to an aromatic ring is 1. The Morgan fingerprint density at radius 1 is 1.11 bits per heavy atom. The molecule has 4 heteroatoms. The highest BCUT2D eigenvalue weighted by atomic mass is 79.9. The summed E-state index contributed by atoms with van der Waals surface area (Å²) in [5.41, 5.74) is 8.65. The van der Waals surface area contributed by atoms with E-state index in [1.165, 1.54) is 0 Å². The van der Waals surface area contributed by atoms with Crippen LogP contribution in [0.5, 0.6) is 5.75 Å². The molecule has 0 fully saturated rings. The Hall–Kier alpha value is -1.94. The third kappa shape index (κ3) is 2.58. The van der Waals surface area contributed by atoms with Crippen molar-refractivity contribution in [2.75, 3.05) is 5.73 Å². The van der Waals surface area contributed by atoms with Crippen molar-refractivity contribution < 1.29 is 4.74 Å². The summed E-state index contributed by atoms with van der Waals surface area (Å²) < 4.78 is 6.76. The van der Waals surface area contributed by atoms with Gasteiger partial charge in [-0.25, -0.2) is 0 Å². The number of H-pyrrole nitrogens is 1. The van der Waals surface area contributed by atoms with E-state index in [2.05, 4.69) is 27.0 Å². The van der Waals surface area contributed by atoms with E-state index in [0.29, 0.717) is 6.61 Å². The van der Waals surface area contributed by atoms with Crippen LogP contribution in [0.2, 0.25) is 0 Å². The maximum absolute atomic E-state index is 5.92. The van der Waals surface area contributed by atoms with Crippen molar-refractivity contribution in [2.45, 2.75) is 6.61 Å². The van der Waals surface area contributed by atoms with E-state index in [-0.39, 0.29) is 0 Å². The second kappa shape index (κ2) is 4.97. The Morgan fingerprint density at radius 3 is 2.63 bits per heavy atom. The lowest BCUT2D eigenvalue weighted by Crippen LogP contribution is -1.95. The summed E-state index contributed by atoms with van der Waals surface area (Å²) in [5.74, 6) is 0.842. The number of halogens is 1. The van der Waals surface area contributed by atoms with Gasteiger partial charge in [-0.2, -0.15) is 0 Å². The molecule has 3 nitrogen and oxygen atoms in total. The van der Waals surface area contributed by atoms with E-state index in [1.807, 2.05) is 42.5 Å². The summed E-state index contributed by atoms with van der Waals surface area (Å²) in [5, 5.41) is 1.11. The van der Waals surface area contributed by atoms with Gasteiger partial charge in [0.1, 0.15) is 12.4 Å². The summed E-state index contributed by atoms with van der Waals surface area (Å²) in [6.07, 6.45) is 0. The number of nitrogens with two attached hydrogens (primary N) is 1. The van der Waals surface area contributed by atoms with Crippen LogP contribution in [0.15, 0.2) is 53.0 Å². The first-order chi connectivity index (χ1) is 9.22. The highest BCUT2D eigenvalue weighted by molar-refractivity contribution is 9.10. The molecule has 0 amide bonds. The van der Waals surface area contributed by atoms with Crippen molar-refractivity contribution in [3.63, 3.8) is 0 Å². The molecular formula is C15H13BrN2O. The minimum Gasteiger partial charge on any atom is -0.487 e. The van der Waals surface area contributed by atoms with Gasteiger partial charge in [0.15, 0.2) is 0 Å². The van der Waals surface area contributed by atoms with Gasteiger partial charge in [0.2, 0.25) is 0 Å². The van der Waals surface area contributed by atoms with Gasteiger partial charge < -0.3 is 15.5 Å². The fourth-order valence-corrected chi connectivity index (χ4v) is 2.27. The van der Waals surface area contributed by atoms with Gasteiger partial charge in [-0.1, -0.05) is 28.1 Å². The predicted octanol–water partition coefficient (Wildman–Crippen LogP) is 4.09. The normalized spacial score (nSPS) is 10.8. The quantitative estimate of drug-likeness (QED) is 0.715. The lowest BCUT2D eigenvalue weighted by Gasteiger charge is -2.04. The number of ether oxygens (including phenoxy) is 1. The van der Waals surface area contributed by atoms with Crippen LogP contribution in [0.4, 0.5) is 5.69 Å². The molecule has 0 aliphatic heterocycles. The number of nitrogens with one attached hydrogen (secondary N) is 1. The van der Waals surface area contributed by atoms with Crippen molar-refractivity contribution in [1.29, 1.82) is 0 Å². The Balaban J connectivity index is 1.78. The highest BCUT2D eigenvalue weighted by Gasteiger charge is 2.04. The Labute approximate surface area is 119 Å². The molecule has 19 heavy (non-hydrogen) atoms. The SMILES string of the molecule is Nc1cccc2cc(COc3ccc(Br)cc3)[nH]c12. The molecule has 0 saturated carbocycles. The number of para-hydroxylation sites is 1. The van der Waals surface area contributed by atoms with Crippen LogP contribution in [-0.4, -0.2) is 4.98 Å². The zero-order valence-corrected chi connectivity index (χ0v) is 11.8. The molecule has 2 aromatic carbocycles. The number of aromatic amines is 1. The van der Waals surface area contributed by atoms with Crippen LogP contribution >= 0.6 is 15.9 Å². The van der Waals surface area contributed by atoms with E-state index in [0.717, 1.165) is 32.5 Å². The van der Waals surface area contributed by atoms with E-state index < -0.39 is 0 Å². The molecule has 3 N–H and O–H groups in total. The molecule has 0 bridgehead atoms. The second-order valence-corrected chi connectivity index (χ2v) is 5.26. The van der Waals surface area contributed by atoms with Gasteiger partial charge in [0, 0.05) is 9.86 Å². The average molecular weight is 317 g/mol. The molecular weight excluding hydrogens is 304 g/mol. The van der Waals surface area contributed by atoms with Crippen molar-refractivity contribution in [1.82, 2.24) is 4.98 Å². The van der Waals surface area contributed by atoms with Gasteiger partial charge >= 0.3 is 0 Å². The fourth-order valence-electron chi connectivity index (χ4n) is 2.01. The molecule has 3 aromatic rings. The number of hydrogen-bond donors (Lipinski definition) is 2. The van der Waals surface area contributed by atoms with Crippen molar-refractivity contribution in [3.8, 4) is 5.75 Å². The van der Waals surface area contributed by atoms with Crippen LogP contribution < -0.4 is 10.5 Å². The maximum atomic E-state index is 5.92. The zero-order chi connectivity index (χ0) is 13.2. The van der Waals surface area contributed by atoms with Gasteiger partial charge in [0.05, 0.1) is 16.9 Å². The summed E-state index contributed by atoms with van der Waals surface area (Å²) in [7, 11) is 0. The summed E-state index contributed by atoms with van der Waals surface area (Å²) >= 11 is 3.40. The summed E-state index contributed by atoms with van der Waals surface area (Å²) in [4.78, 5) is 3.29. The predicted molar refractivity (Wildman–Crippen MR) is 81.2 cm³/mol. The molecule has 0 saturated heterocycles. The fraction of sp³-hybridized carbons (Fsp3) is 0.0667. The number of fused-ring (bicyclic) bond motifs is 1. The standard InChI is InChI=1S/C15H13BrN2O/c16-11-4-6-13(7-5-11)19-9-12-8-10-2-1-3-14(17)15(10)18-12/h1-8,18H,9,17H2. The molecule has 1 aromatic heterocycles. The molecule has 3 rings (SSSR count). The van der Waals surface area contributed by atoms with E-state index >= 15 is 0 Å². The lowest BCUT2D eigenvalue weighted by molar-refractivity contribution is 0.302. The van der Waals surface area contributed by atoms with Gasteiger partial charge in [0.25, 0.3) is 0 Å². The van der Waals surface area contributed by atoms with Crippen LogP contribution in [0, 0.1) is 0 Å². The first kappa shape index (κ1) is 12.1. The number of rotatable bonds is 3. The van der Waals surface area contributed by atoms with Crippen LogP contribution in [-0.2, 0) is 6.61 Å². The number of anilines is 1. The number of hydrogen-bond acceptors (Lipinski definition) is 2. The number of aromatic nitrogens is 1. The average Bonchev–Trinajstić information content (AvgIpc) is 2.83. The Kier molecular flexibility index (Phi) is 3.17. The van der Waals surface area contributed by atoms with Gasteiger partial charge in [-0.05, 0) is 36.4 Å². The topological polar surface area (TPSA) is 51.0 Å². The zero-order valence-electron chi connectivity index (χ0n) is 10.2. The van der Waals surface area contributed by atoms with Crippen molar-refractivity contribution >= 4 is 32.5 Å². The largest absolute Gasteiger partial charge is 0.487 e. The van der Waals surface area contributed by atoms with Crippen LogP contribution in [0.25, 0.3) is 10.9 Å². The molecule has 0 spiro atoms. The van der Waals surface area contributed by atoms with Crippen molar-refractivity contribution in [2.24, 2.45) is 0 Å². The van der Waals surface area contributed by atoms with Gasteiger partial charge in [-0.3, -0.25) is 0 Å². The van der Waals surface area contributed by atoms with E-state index in [9.17, 15) is 0 Å². The Morgan fingerprint density at radius 2 is 1.89 bits per heavy atom.